The van der Waals surface area contributed by atoms with Gasteiger partial charge in [-0.1, -0.05) is 12.1 Å². The molecule has 0 aliphatic carbocycles. The molecule has 0 atom stereocenters. The maximum Gasteiger partial charge on any atom is 0.0348 e. The summed E-state index contributed by atoms with van der Waals surface area (Å²) in [5.74, 6) is 0. The molecule has 1 aromatic carbocycles. The summed E-state index contributed by atoms with van der Waals surface area (Å²) in [6, 6.07) is 9.01. The van der Waals surface area contributed by atoms with Crippen LogP contribution in [0.15, 0.2) is 24.3 Å². The van der Waals surface area contributed by atoms with E-state index in [0.29, 0.717) is 0 Å². The third kappa shape index (κ3) is 2.58. The lowest BCUT2D eigenvalue weighted by Gasteiger charge is -2.06. The number of thiophene rings is 1. The number of fused-ring (bicyclic) bond motifs is 1. The van der Waals surface area contributed by atoms with E-state index in [0.717, 1.165) is 13.0 Å². The Morgan fingerprint density at radius 1 is 1.20 bits per heavy atom. The zero-order valence-electron chi connectivity index (χ0n) is 9.58. The summed E-state index contributed by atoms with van der Waals surface area (Å²) in [4.78, 5) is 3.72. The van der Waals surface area contributed by atoms with Crippen LogP contribution in [0, 0.1) is 6.92 Å². The van der Waals surface area contributed by atoms with Crippen molar-refractivity contribution in [3.8, 4) is 0 Å². The normalized spacial score (nSPS) is 11.5. The highest BCUT2D eigenvalue weighted by Crippen LogP contribution is 2.26. The number of rotatable bonds is 3. The summed E-state index contributed by atoms with van der Waals surface area (Å²) < 4.78 is 1.42. The van der Waals surface area contributed by atoms with Crippen LogP contribution in [0.1, 0.15) is 10.4 Å². The van der Waals surface area contributed by atoms with Gasteiger partial charge in [0.1, 0.15) is 0 Å². The molecular formula is C13H17NS. The predicted molar refractivity (Wildman–Crippen MR) is 68.8 cm³/mol. The lowest BCUT2D eigenvalue weighted by atomic mass is 10.2. The summed E-state index contributed by atoms with van der Waals surface area (Å²) in [7, 11) is 4.24. The van der Waals surface area contributed by atoms with E-state index >= 15 is 0 Å². The SMILES string of the molecule is Cc1ccc2cc(CCN(C)C)sc2c1. The fourth-order valence-corrected chi connectivity index (χ4v) is 2.80. The first kappa shape index (κ1) is 10.7. The Hall–Kier alpha value is -0.860. The van der Waals surface area contributed by atoms with Crippen molar-refractivity contribution >= 4 is 21.4 Å². The molecule has 0 saturated heterocycles. The quantitative estimate of drug-likeness (QED) is 0.765. The van der Waals surface area contributed by atoms with Crippen molar-refractivity contribution in [3.05, 3.63) is 34.7 Å². The van der Waals surface area contributed by atoms with E-state index in [4.69, 9.17) is 0 Å². The third-order valence-corrected chi connectivity index (χ3v) is 3.69. The van der Waals surface area contributed by atoms with Crippen molar-refractivity contribution in [1.82, 2.24) is 4.90 Å². The molecule has 0 amide bonds. The van der Waals surface area contributed by atoms with Crippen molar-refractivity contribution < 1.29 is 0 Å². The largest absolute Gasteiger partial charge is 0.309 e. The highest BCUT2D eigenvalue weighted by atomic mass is 32.1. The molecule has 0 radical (unpaired) electrons. The van der Waals surface area contributed by atoms with Crippen molar-refractivity contribution in [2.75, 3.05) is 20.6 Å². The van der Waals surface area contributed by atoms with Gasteiger partial charge in [-0.25, -0.2) is 0 Å². The maximum atomic E-state index is 2.32. The number of hydrogen-bond acceptors (Lipinski definition) is 2. The molecule has 0 fully saturated rings. The van der Waals surface area contributed by atoms with E-state index in [-0.39, 0.29) is 0 Å². The molecule has 0 N–H and O–H groups in total. The van der Waals surface area contributed by atoms with E-state index in [9.17, 15) is 0 Å². The van der Waals surface area contributed by atoms with Gasteiger partial charge < -0.3 is 4.90 Å². The zero-order chi connectivity index (χ0) is 10.8. The molecule has 0 unspecified atom stereocenters. The van der Waals surface area contributed by atoms with Crippen LogP contribution < -0.4 is 0 Å². The molecule has 2 rings (SSSR count). The second-order valence-electron chi connectivity index (χ2n) is 4.31. The minimum atomic E-state index is 1.13. The van der Waals surface area contributed by atoms with Crippen molar-refractivity contribution in [2.24, 2.45) is 0 Å². The fourth-order valence-electron chi connectivity index (χ4n) is 1.65. The first-order valence-corrected chi connectivity index (χ1v) is 6.10. The minimum absolute atomic E-state index is 1.13. The minimum Gasteiger partial charge on any atom is -0.309 e. The average molecular weight is 219 g/mol. The average Bonchev–Trinajstić information content (AvgIpc) is 2.56. The summed E-state index contributed by atoms with van der Waals surface area (Å²) in [6.07, 6.45) is 1.16. The standard InChI is InChI=1S/C13H17NS/c1-10-4-5-11-9-12(6-7-14(2)3)15-13(11)8-10/h4-5,8-9H,6-7H2,1-3H3. The van der Waals surface area contributed by atoms with Crippen molar-refractivity contribution in [1.29, 1.82) is 0 Å². The van der Waals surface area contributed by atoms with Gasteiger partial charge >= 0.3 is 0 Å². The van der Waals surface area contributed by atoms with E-state index in [2.05, 4.69) is 50.2 Å². The van der Waals surface area contributed by atoms with E-state index < -0.39 is 0 Å². The highest BCUT2D eigenvalue weighted by molar-refractivity contribution is 7.19. The molecule has 15 heavy (non-hydrogen) atoms. The van der Waals surface area contributed by atoms with Gasteiger partial charge in [0, 0.05) is 16.1 Å². The summed E-state index contributed by atoms with van der Waals surface area (Å²) in [5.41, 5.74) is 1.35. The van der Waals surface area contributed by atoms with Crippen LogP contribution in [0.2, 0.25) is 0 Å². The van der Waals surface area contributed by atoms with Gasteiger partial charge in [0.2, 0.25) is 0 Å². The molecule has 80 valence electrons. The number of benzene rings is 1. The second-order valence-corrected chi connectivity index (χ2v) is 5.48. The Morgan fingerprint density at radius 2 is 2.00 bits per heavy atom. The Kier molecular flexibility index (Phi) is 3.08. The van der Waals surface area contributed by atoms with Crippen molar-refractivity contribution in [2.45, 2.75) is 13.3 Å². The fraction of sp³-hybridized carbons (Fsp3) is 0.385. The Labute approximate surface area is 95.3 Å². The molecule has 0 saturated carbocycles. The molecule has 2 heteroatoms. The maximum absolute atomic E-state index is 2.32. The van der Waals surface area contributed by atoms with Crippen LogP contribution in [0.5, 0.6) is 0 Å². The number of aryl methyl sites for hydroxylation is 1. The van der Waals surface area contributed by atoms with Gasteiger partial charge in [0.25, 0.3) is 0 Å². The molecule has 0 spiro atoms. The van der Waals surface area contributed by atoms with Crippen LogP contribution >= 0.6 is 11.3 Å². The molecule has 0 aliphatic heterocycles. The first-order chi connectivity index (χ1) is 7.15. The Bertz CT molecular complexity index is 457. The molecule has 1 nitrogen and oxygen atoms in total. The lowest BCUT2D eigenvalue weighted by molar-refractivity contribution is 0.415. The van der Waals surface area contributed by atoms with Gasteiger partial charge in [-0.15, -0.1) is 11.3 Å². The van der Waals surface area contributed by atoms with Crippen LogP contribution in [0.4, 0.5) is 0 Å². The molecule has 1 heterocycles. The molecule has 0 aliphatic rings. The molecular weight excluding hydrogens is 202 g/mol. The van der Waals surface area contributed by atoms with E-state index in [1.165, 1.54) is 20.5 Å². The number of likely N-dealkylation sites (N-methyl/N-ethyl adjacent to an activating group) is 1. The summed E-state index contributed by atoms with van der Waals surface area (Å²) >= 11 is 1.93. The van der Waals surface area contributed by atoms with Crippen LogP contribution in [-0.4, -0.2) is 25.5 Å². The molecule has 2 aromatic rings. The second kappa shape index (κ2) is 4.33. The third-order valence-electron chi connectivity index (χ3n) is 2.53. The van der Waals surface area contributed by atoms with Gasteiger partial charge in [0.15, 0.2) is 0 Å². The monoisotopic (exact) mass is 219 g/mol. The summed E-state index contributed by atoms with van der Waals surface area (Å²) in [5, 5.41) is 1.39. The van der Waals surface area contributed by atoms with Crippen LogP contribution in [-0.2, 0) is 6.42 Å². The van der Waals surface area contributed by atoms with Crippen molar-refractivity contribution in [3.63, 3.8) is 0 Å². The topological polar surface area (TPSA) is 3.24 Å². The Morgan fingerprint density at radius 3 is 2.73 bits per heavy atom. The zero-order valence-corrected chi connectivity index (χ0v) is 10.4. The van der Waals surface area contributed by atoms with Gasteiger partial charge in [-0.2, -0.15) is 0 Å². The van der Waals surface area contributed by atoms with E-state index in [1.54, 1.807) is 0 Å². The Balaban J connectivity index is 2.23. The number of hydrogen-bond donors (Lipinski definition) is 0. The predicted octanol–water partition coefficient (Wildman–Crippen LogP) is 3.31. The molecule has 0 bridgehead atoms. The molecule has 1 aromatic heterocycles. The van der Waals surface area contributed by atoms with Crippen LogP contribution in [0.25, 0.3) is 10.1 Å². The van der Waals surface area contributed by atoms with Gasteiger partial charge in [-0.05, 0) is 50.5 Å². The highest BCUT2D eigenvalue weighted by Gasteiger charge is 2.02. The van der Waals surface area contributed by atoms with Crippen LogP contribution in [0.3, 0.4) is 0 Å². The lowest BCUT2D eigenvalue weighted by Crippen LogP contribution is -2.14. The smallest absolute Gasteiger partial charge is 0.0348 e. The first-order valence-electron chi connectivity index (χ1n) is 5.29. The van der Waals surface area contributed by atoms with E-state index in [1.807, 2.05) is 11.3 Å². The van der Waals surface area contributed by atoms with Gasteiger partial charge in [-0.3, -0.25) is 0 Å². The van der Waals surface area contributed by atoms with Gasteiger partial charge in [0.05, 0.1) is 0 Å². The number of nitrogens with zero attached hydrogens (tertiary/aromatic N) is 1. The summed E-state index contributed by atoms with van der Waals surface area (Å²) in [6.45, 7) is 3.28.